The number of phenols is 2. The van der Waals surface area contributed by atoms with Crippen molar-refractivity contribution in [2.24, 2.45) is 0 Å². The molecule has 18 heavy (non-hydrogen) atoms. The first-order valence-corrected chi connectivity index (χ1v) is 5.47. The van der Waals surface area contributed by atoms with Crippen LogP contribution in [-0.4, -0.2) is 39.0 Å². The molecule has 0 atom stereocenters. The van der Waals surface area contributed by atoms with Gasteiger partial charge in [0.2, 0.25) is 11.9 Å². The molecule has 1 heterocycles. The zero-order valence-corrected chi connectivity index (χ0v) is 9.96. The molecule has 5 N–H and O–H groups in total. The zero-order valence-electron chi connectivity index (χ0n) is 9.96. The molecule has 0 aliphatic heterocycles. The average Bonchev–Trinajstić information content (AvgIpc) is 2.77. The first-order valence-electron chi connectivity index (χ1n) is 5.47. The summed E-state index contributed by atoms with van der Waals surface area (Å²) in [7, 11) is 1.83. The molecule has 1 aromatic carbocycles. The monoisotopic (exact) mass is 249 g/mol. The molecule has 0 amide bonds. The number of anilines is 2. The fourth-order valence-electron chi connectivity index (χ4n) is 1.61. The van der Waals surface area contributed by atoms with E-state index in [2.05, 4.69) is 15.2 Å². The molecule has 0 spiro atoms. The fraction of sp³-hybridized carbons (Fsp3) is 0.273. The molecule has 0 fully saturated rings. The van der Waals surface area contributed by atoms with Gasteiger partial charge in [-0.25, -0.2) is 0 Å². The zero-order chi connectivity index (χ0) is 13.1. The number of likely N-dealkylation sites (N-methyl/N-ethyl adjacent to an activating group) is 1. The summed E-state index contributed by atoms with van der Waals surface area (Å²) in [6.45, 7) is 0.603. The standard InChI is InChI=1S/C11H15N5O2/c1-16(11-13-10(12)14-15-11)6-5-7-3-2-4-8(17)9(7)18/h2-4,17-18H,5-6H2,1H3,(H3,12,13,14,15). The van der Waals surface area contributed by atoms with Crippen LogP contribution in [-0.2, 0) is 6.42 Å². The Labute approximate surface area is 104 Å². The second-order valence-corrected chi connectivity index (χ2v) is 3.99. The van der Waals surface area contributed by atoms with Gasteiger partial charge in [0, 0.05) is 13.6 Å². The maximum Gasteiger partial charge on any atom is 0.225 e. The second-order valence-electron chi connectivity index (χ2n) is 3.99. The number of phenolic OH excluding ortho intramolecular Hbond substituents is 2. The van der Waals surface area contributed by atoms with Gasteiger partial charge in [-0.1, -0.05) is 12.1 Å². The van der Waals surface area contributed by atoms with Crippen LogP contribution in [0.4, 0.5) is 11.9 Å². The van der Waals surface area contributed by atoms with Crippen molar-refractivity contribution in [3.8, 4) is 11.5 Å². The van der Waals surface area contributed by atoms with E-state index in [1.165, 1.54) is 6.07 Å². The molecule has 0 bridgehead atoms. The summed E-state index contributed by atoms with van der Waals surface area (Å²) in [5, 5.41) is 26.6. The number of aromatic hydroxyl groups is 2. The Kier molecular flexibility index (Phi) is 3.22. The van der Waals surface area contributed by atoms with E-state index < -0.39 is 0 Å². The van der Waals surface area contributed by atoms with Crippen LogP contribution in [0.15, 0.2) is 18.2 Å². The second kappa shape index (κ2) is 4.82. The molecule has 96 valence electrons. The molecule has 2 rings (SSSR count). The van der Waals surface area contributed by atoms with E-state index in [9.17, 15) is 10.2 Å². The van der Waals surface area contributed by atoms with Gasteiger partial charge >= 0.3 is 0 Å². The molecule has 0 aliphatic rings. The molecule has 7 nitrogen and oxygen atoms in total. The van der Waals surface area contributed by atoms with Crippen LogP contribution in [0.2, 0.25) is 0 Å². The van der Waals surface area contributed by atoms with Gasteiger partial charge in [0.25, 0.3) is 0 Å². The number of para-hydroxylation sites is 1. The molecule has 1 aromatic heterocycles. The SMILES string of the molecule is CN(CCc1cccc(O)c1O)c1nnc(N)[nH]1. The van der Waals surface area contributed by atoms with Gasteiger partial charge in [-0.3, -0.25) is 4.98 Å². The smallest absolute Gasteiger partial charge is 0.225 e. The molecule has 7 heteroatoms. The van der Waals surface area contributed by atoms with Crippen LogP contribution in [0.3, 0.4) is 0 Å². The lowest BCUT2D eigenvalue weighted by Crippen LogP contribution is -2.21. The topological polar surface area (TPSA) is 111 Å². The highest BCUT2D eigenvalue weighted by atomic mass is 16.3. The third-order valence-corrected chi connectivity index (χ3v) is 2.67. The number of aromatic nitrogens is 3. The largest absolute Gasteiger partial charge is 0.504 e. The van der Waals surface area contributed by atoms with E-state index in [4.69, 9.17) is 5.73 Å². The number of nitrogens with zero attached hydrogens (tertiary/aromatic N) is 3. The lowest BCUT2D eigenvalue weighted by atomic mass is 10.1. The number of rotatable bonds is 4. The van der Waals surface area contributed by atoms with Crippen LogP contribution in [0.25, 0.3) is 0 Å². The molecule has 0 unspecified atom stereocenters. The van der Waals surface area contributed by atoms with Crippen LogP contribution >= 0.6 is 0 Å². The van der Waals surface area contributed by atoms with E-state index in [1.54, 1.807) is 12.1 Å². The van der Waals surface area contributed by atoms with Crippen molar-refractivity contribution in [2.75, 3.05) is 24.2 Å². The molecule has 2 aromatic rings. The van der Waals surface area contributed by atoms with E-state index in [0.29, 0.717) is 24.5 Å². The summed E-state index contributed by atoms with van der Waals surface area (Å²) in [5.41, 5.74) is 6.11. The highest BCUT2D eigenvalue weighted by molar-refractivity contribution is 5.45. The van der Waals surface area contributed by atoms with Gasteiger partial charge in [0.1, 0.15) is 0 Å². The van der Waals surface area contributed by atoms with Gasteiger partial charge in [0.15, 0.2) is 11.5 Å². The molecule has 0 aliphatic carbocycles. The Morgan fingerprint density at radius 3 is 2.78 bits per heavy atom. The maximum atomic E-state index is 9.66. The number of hydrogen-bond donors (Lipinski definition) is 4. The predicted molar refractivity (Wildman–Crippen MR) is 67.5 cm³/mol. The van der Waals surface area contributed by atoms with Crippen LogP contribution < -0.4 is 10.6 Å². The van der Waals surface area contributed by atoms with E-state index in [1.807, 2.05) is 11.9 Å². The normalized spacial score (nSPS) is 10.5. The molecular formula is C11H15N5O2. The van der Waals surface area contributed by atoms with Crippen molar-refractivity contribution in [1.29, 1.82) is 0 Å². The third-order valence-electron chi connectivity index (χ3n) is 2.67. The van der Waals surface area contributed by atoms with E-state index in [0.717, 1.165) is 0 Å². The van der Waals surface area contributed by atoms with Gasteiger partial charge in [-0.2, -0.15) is 0 Å². The summed E-state index contributed by atoms with van der Waals surface area (Å²) < 4.78 is 0. The van der Waals surface area contributed by atoms with Gasteiger partial charge in [0.05, 0.1) is 0 Å². The first kappa shape index (κ1) is 12.0. The maximum absolute atomic E-state index is 9.66. The van der Waals surface area contributed by atoms with E-state index >= 15 is 0 Å². The summed E-state index contributed by atoms with van der Waals surface area (Å²) in [4.78, 5) is 4.63. The number of H-pyrrole nitrogens is 1. The number of nitrogens with two attached hydrogens (primary N) is 1. The molecule has 0 radical (unpaired) electrons. The van der Waals surface area contributed by atoms with Crippen LogP contribution in [0, 0.1) is 0 Å². The summed E-state index contributed by atoms with van der Waals surface area (Å²) in [6, 6.07) is 4.90. The van der Waals surface area contributed by atoms with Crippen molar-refractivity contribution >= 4 is 11.9 Å². The molecule has 0 saturated heterocycles. The molecular weight excluding hydrogens is 234 g/mol. The summed E-state index contributed by atoms with van der Waals surface area (Å²) in [5.74, 6) is 0.631. The summed E-state index contributed by atoms with van der Waals surface area (Å²) >= 11 is 0. The van der Waals surface area contributed by atoms with Gasteiger partial charge in [-0.05, 0) is 18.1 Å². The quantitative estimate of drug-likeness (QED) is 0.586. The van der Waals surface area contributed by atoms with Crippen molar-refractivity contribution in [2.45, 2.75) is 6.42 Å². The van der Waals surface area contributed by atoms with Gasteiger partial charge in [-0.15, -0.1) is 10.2 Å². The summed E-state index contributed by atoms with van der Waals surface area (Å²) in [6.07, 6.45) is 0.567. The lowest BCUT2D eigenvalue weighted by Gasteiger charge is -2.15. The van der Waals surface area contributed by atoms with Crippen LogP contribution in [0.1, 0.15) is 5.56 Å². The van der Waals surface area contributed by atoms with Crippen LogP contribution in [0.5, 0.6) is 11.5 Å². The number of nitrogen functional groups attached to an aromatic ring is 1. The number of hydrogen-bond acceptors (Lipinski definition) is 6. The van der Waals surface area contributed by atoms with E-state index in [-0.39, 0.29) is 17.4 Å². The minimum atomic E-state index is -0.112. The number of benzene rings is 1. The van der Waals surface area contributed by atoms with Crippen molar-refractivity contribution in [3.63, 3.8) is 0 Å². The van der Waals surface area contributed by atoms with Crippen molar-refractivity contribution in [3.05, 3.63) is 23.8 Å². The first-order chi connectivity index (χ1) is 8.58. The average molecular weight is 249 g/mol. The predicted octanol–water partition coefficient (Wildman–Crippen LogP) is 0.477. The van der Waals surface area contributed by atoms with Crippen molar-refractivity contribution < 1.29 is 10.2 Å². The Morgan fingerprint density at radius 1 is 1.33 bits per heavy atom. The minimum absolute atomic E-state index is 0.0806. The highest BCUT2D eigenvalue weighted by Gasteiger charge is 2.09. The Morgan fingerprint density at radius 2 is 2.11 bits per heavy atom. The minimum Gasteiger partial charge on any atom is -0.504 e. The fourth-order valence-corrected chi connectivity index (χ4v) is 1.61. The lowest BCUT2D eigenvalue weighted by molar-refractivity contribution is 0.399. The Bertz CT molecular complexity index is 540. The third kappa shape index (κ3) is 2.45. The van der Waals surface area contributed by atoms with Gasteiger partial charge < -0.3 is 20.8 Å². The Hall–Kier alpha value is -2.44. The Balaban J connectivity index is 2.01. The molecule has 0 saturated carbocycles. The highest BCUT2D eigenvalue weighted by Crippen LogP contribution is 2.28. The number of aromatic amines is 1. The van der Waals surface area contributed by atoms with Crippen molar-refractivity contribution in [1.82, 2.24) is 15.2 Å². The number of nitrogens with one attached hydrogen (secondary N) is 1.